The molecule has 1 aromatic heterocycles. The van der Waals surface area contributed by atoms with Gasteiger partial charge in [-0.1, -0.05) is 43.6 Å². The summed E-state index contributed by atoms with van der Waals surface area (Å²) in [5.41, 5.74) is 8.78. The van der Waals surface area contributed by atoms with Gasteiger partial charge in [0.15, 0.2) is 0 Å². The fourth-order valence-corrected chi connectivity index (χ4v) is 2.38. The Bertz CT molecular complexity index is 648. The van der Waals surface area contributed by atoms with Crippen LogP contribution in [-0.4, -0.2) is 10.9 Å². The normalized spacial score (nSPS) is 10.4. The number of anilines is 2. The van der Waals surface area contributed by atoms with Crippen LogP contribution in [-0.2, 0) is 12.8 Å². The quantitative estimate of drug-likeness (QED) is 0.905. The zero-order chi connectivity index (χ0) is 15.4. The number of nitrogen functional groups attached to an aromatic ring is 1. The monoisotopic (exact) mass is 303 g/mol. The summed E-state index contributed by atoms with van der Waals surface area (Å²) in [4.78, 5) is 16.4. The van der Waals surface area contributed by atoms with Crippen LogP contribution < -0.4 is 11.1 Å². The number of hydrogen-bond donors (Lipinski definition) is 2. The average molecular weight is 304 g/mol. The molecule has 21 heavy (non-hydrogen) atoms. The molecule has 0 spiro atoms. The molecule has 0 fully saturated rings. The number of benzene rings is 1. The van der Waals surface area contributed by atoms with Crippen molar-refractivity contribution in [3.63, 3.8) is 0 Å². The highest BCUT2D eigenvalue weighted by Gasteiger charge is 2.16. The fraction of sp³-hybridized carbons (Fsp3) is 0.250. The first-order valence-electron chi connectivity index (χ1n) is 6.91. The molecule has 0 atom stereocenters. The zero-order valence-electron chi connectivity index (χ0n) is 12.1. The Kier molecular flexibility index (Phi) is 4.81. The Morgan fingerprint density at radius 2 is 1.81 bits per heavy atom. The molecule has 1 aromatic carbocycles. The van der Waals surface area contributed by atoms with E-state index in [1.54, 1.807) is 12.1 Å². The van der Waals surface area contributed by atoms with Crippen LogP contribution in [0.4, 0.5) is 11.5 Å². The van der Waals surface area contributed by atoms with Crippen molar-refractivity contribution in [2.75, 3.05) is 11.1 Å². The number of nitrogens with two attached hydrogens (primary N) is 1. The summed E-state index contributed by atoms with van der Waals surface area (Å²) in [6, 6.07) is 9.15. The van der Waals surface area contributed by atoms with E-state index >= 15 is 0 Å². The van der Waals surface area contributed by atoms with Gasteiger partial charge in [0.2, 0.25) is 0 Å². The predicted molar refractivity (Wildman–Crippen MR) is 86.8 cm³/mol. The third-order valence-corrected chi connectivity index (χ3v) is 3.62. The molecule has 0 aliphatic carbocycles. The molecule has 3 N–H and O–H groups in total. The molecule has 0 saturated heterocycles. The largest absolute Gasteiger partial charge is 0.384 e. The highest BCUT2D eigenvalue weighted by atomic mass is 35.5. The van der Waals surface area contributed by atoms with Gasteiger partial charge >= 0.3 is 0 Å². The number of hydrogen-bond acceptors (Lipinski definition) is 3. The van der Waals surface area contributed by atoms with E-state index in [9.17, 15) is 4.79 Å². The van der Waals surface area contributed by atoms with Gasteiger partial charge in [-0.15, -0.1) is 0 Å². The minimum atomic E-state index is -0.345. The van der Waals surface area contributed by atoms with Gasteiger partial charge in [0.05, 0.1) is 5.02 Å². The number of aromatic nitrogens is 1. The van der Waals surface area contributed by atoms with Gasteiger partial charge in [-0.3, -0.25) is 4.79 Å². The molecule has 110 valence electrons. The fourth-order valence-electron chi connectivity index (χ4n) is 2.19. The Labute approximate surface area is 129 Å². The van der Waals surface area contributed by atoms with E-state index in [1.165, 1.54) is 0 Å². The van der Waals surface area contributed by atoms with Crippen LogP contribution in [0.1, 0.15) is 35.5 Å². The van der Waals surface area contributed by atoms with Gasteiger partial charge in [-0.25, -0.2) is 4.98 Å². The summed E-state index contributed by atoms with van der Waals surface area (Å²) in [5, 5.41) is 3.21. The second kappa shape index (κ2) is 6.59. The van der Waals surface area contributed by atoms with Crippen LogP contribution in [0, 0.1) is 0 Å². The second-order valence-corrected chi connectivity index (χ2v) is 5.09. The van der Waals surface area contributed by atoms with E-state index < -0.39 is 0 Å². The second-order valence-electron chi connectivity index (χ2n) is 4.68. The van der Waals surface area contributed by atoms with Crippen molar-refractivity contribution < 1.29 is 4.79 Å². The average Bonchev–Trinajstić information content (AvgIpc) is 2.49. The topological polar surface area (TPSA) is 68.0 Å². The van der Waals surface area contributed by atoms with E-state index in [2.05, 4.69) is 24.1 Å². The van der Waals surface area contributed by atoms with Crippen LogP contribution in [0.2, 0.25) is 5.02 Å². The predicted octanol–water partition coefficient (Wildman–Crippen LogP) is 3.69. The van der Waals surface area contributed by atoms with Gasteiger partial charge in [0.1, 0.15) is 11.5 Å². The Hall–Kier alpha value is -2.07. The van der Waals surface area contributed by atoms with Crippen molar-refractivity contribution in [2.24, 2.45) is 0 Å². The van der Waals surface area contributed by atoms with Crippen molar-refractivity contribution in [3.05, 3.63) is 52.2 Å². The lowest BCUT2D eigenvalue weighted by Gasteiger charge is -2.14. The smallest absolute Gasteiger partial charge is 0.275 e. The van der Waals surface area contributed by atoms with E-state index in [4.69, 9.17) is 17.3 Å². The molecule has 0 bridgehead atoms. The molecule has 0 unspecified atom stereocenters. The minimum absolute atomic E-state index is 0.143. The minimum Gasteiger partial charge on any atom is -0.384 e. The lowest BCUT2D eigenvalue weighted by Crippen LogP contribution is -2.17. The SMILES string of the molecule is CCc1cccc(CC)c1NC(=O)c1nc(N)ccc1Cl. The summed E-state index contributed by atoms with van der Waals surface area (Å²) in [6.07, 6.45) is 1.67. The molecule has 2 rings (SSSR count). The number of carbonyl (C=O) groups is 1. The van der Waals surface area contributed by atoms with Gasteiger partial charge in [0, 0.05) is 5.69 Å². The third-order valence-electron chi connectivity index (χ3n) is 3.32. The molecular weight excluding hydrogens is 286 g/mol. The number of pyridine rings is 1. The first-order valence-corrected chi connectivity index (χ1v) is 7.28. The van der Waals surface area contributed by atoms with Gasteiger partial charge < -0.3 is 11.1 Å². The number of rotatable bonds is 4. The van der Waals surface area contributed by atoms with Gasteiger partial charge in [-0.2, -0.15) is 0 Å². The summed E-state index contributed by atoms with van der Waals surface area (Å²) in [7, 11) is 0. The maximum absolute atomic E-state index is 12.4. The van der Waals surface area contributed by atoms with E-state index in [1.807, 2.05) is 18.2 Å². The lowest BCUT2D eigenvalue weighted by molar-refractivity contribution is 0.102. The number of nitrogens with zero attached hydrogens (tertiary/aromatic N) is 1. The number of aryl methyl sites for hydroxylation is 2. The Morgan fingerprint density at radius 3 is 2.38 bits per heavy atom. The van der Waals surface area contributed by atoms with Crippen molar-refractivity contribution >= 4 is 29.0 Å². The zero-order valence-corrected chi connectivity index (χ0v) is 12.9. The number of para-hydroxylation sites is 1. The Balaban J connectivity index is 2.38. The molecule has 4 nitrogen and oxygen atoms in total. The van der Waals surface area contributed by atoms with Crippen molar-refractivity contribution in [3.8, 4) is 0 Å². The van der Waals surface area contributed by atoms with Crippen LogP contribution in [0.5, 0.6) is 0 Å². The molecule has 0 aliphatic rings. The van der Waals surface area contributed by atoms with Crippen LogP contribution >= 0.6 is 11.6 Å². The summed E-state index contributed by atoms with van der Waals surface area (Å²) < 4.78 is 0. The van der Waals surface area contributed by atoms with Crippen LogP contribution in [0.3, 0.4) is 0 Å². The van der Waals surface area contributed by atoms with Gasteiger partial charge in [-0.05, 0) is 36.1 Å². The molecule has 0 radical (unpaired) electrons. The molecule has 5 heteroatoms. The number of halogens is 1. The molecular formula is C16H18ClN3O. The van der Waals surface area contributed by atoms with Crippen LogP contribution in [0.25, 0.3) is 0 Å². The lowest BCUT2D eigenvalue weighted by atomic mass is 10.0. The van der Waals surface area contributed by atoms with Crippen LogP contribution in [0.15, 0.2) is 30.3 Å². The highest BCUT2D eigenvalue weighted by molar-refractivity contribution is 6.34. The maximum atomic E-state index is 12.4. The third kappa shape index (κ3) is 3.34. The molecule has 0 saturated carbocycles. The van der Waals surface area contributed by atoms with Crippen molar-refractivity contribution in [1.29, 1.82) is 0 Å². The first kappa shape index (κ1) is 15.3. The molecule has 1 heterocycles. The maximum Gasteiger partial charge on any atom is 0.275 e. The number of amides is 1. The van der Waals surface area contributed by atoms with E-state index in [0.717, 1.165) is 29.7 Å². The van der Waals surface area contributed by atoms with Gasteiger partial charge in [0.25, 0.3) is 5.91 Å². The molecule has 0 aliphatic heterocycles. The van der Waals surface area contributed by atoms with E-state index in [0.29, 0.717) is 0 Å². The summed E-state index contributed by atoms with van der Waals surface area (Å²) >= 11 is 6.03. The van der Waals surface area contributed by atoms with Crippen molar-refractivity contribution in [2.45, 2.75) is 26.7 Å². The molecule has 1 amide bonds. The number of nitrogens with one attached hydrogen (secondary N) is 1. The number of carbonyl (C=O) groups excluding carboxylic acids is 1. The van der Waals surface area contributed by atoms with E-state index in [-0.39, 0.29) is 22.4 Å². The highest BCUT2D eigenvalue weighted by Crippen LogP contribution is 2.24. The first-order chi connectivity index (χ1) is 10.1. The Morgan fingerprint density at radius 1 is 1.19 bits per heavy atom. The van der Waals surface area contributed by atoms with Crippen molar-refractivity contribution in [1.82, 2.24) is 4.98 Å². The summed E-state index contributed by atoms with van der Waals surface area (Å²) in [6.45, 7) is 4.10. The summed E-state index contributed by atoms with van der Waals surface area (Å²) in [5.74, 6) is -0.0769. The molecule has 2 aromatic rings. The standard InChI is InChI=1S/C16H18ClN3O/c1-3-10-6-5-7-11(4-2)14(10)20-16(21)15-12(17)8-9-13(18)19-15/h5-9H,3-4H2,1-2H3,(H2,18,19)(H,20,21).